The van der Waals surface area contributed by atoms with Gasteiger partial charge in [-0.15, -0.1) is 0 Å². The molecular weight excluding hydrogens is 384 g/mol. The summed E-state index contributed by atoms with van der Waals surface area (Å²) in [6.45, 7) is 1.86. The predicted molar refractivity (Wildman–Crippen MR) is 115 cm³/mol. The molecule has 2 aromatic carbocycles. The van der Waals surface area contributed by atoms with Gasteiger partial charge in [-0.3, -0.25) is 0 Å². The highest BCUT2D eigenvalue weighted by molar-refractivity contribution is 5.74. The molecule has 0 aliphatic carbocycles. The SMILES string of the molecule is CN1CCCC1CCNc1cc(-c2cc(F)ccc2F)cc(-c2cccc(O)c2)n1. The highest BCUT2D eigenvalue weighted by Crippen LogP contribution is 2.31. The maximum atomic E-state index is 14.4. The zero-order valence-electron chi connectivity index (χ0n) is 16.9. The van der Waals surface area contributed by atoms with Crippen LogP contribution in [0.1, 0.15) is 19.3 Å². The quantitative estimate of drug-likeness (QED) is 0.580. The smallest absolute Gasteiger partial charge is 0.131 e. The molecule has 1 fully saturated rings. The Labute approximate surface area is 175 Å². The van der Waals surface area contributed by atoms with Crippen molar-refractivity contribution in [3.63, 3.8) is 0 Å². The van der Waals surface area contributed by atoms with E-state index in [1.54, 1.807) is 30.3 Å². The molecule has 0 amide bonds. The lowest BCUT2D eigenvalue weighted by Gasteiger charge is -2.19. The largest absolute Gasteiger partial charge is 0.508 e. The predicted octanol–water partition coefficient (Wildman–Crippen LogP) is 5.30. The van der Waals surface area contributed by atoms with E-state index >= 15 is 0 Å². The van der Waals surface area contributed by atoms with Gasteiger partial charge in [-0.2, -0.15) is 0 Å². The van der Waals surface area contributed by atoms with Crippen molar-refractivity contribution in [3.8, 4) is 28.1 Å². The van der Waals surface area contributed by atoms with Crippen LogP contribution in [-0.4, -0.2) is 41.2 Å². The maximum absolute atomic E-state index is 14.4. The lowest BCUT2D eigenvalue weighted by molar-refractivity contribution is 0.301. The Balaban J connectivity index is 1.66. The first kappa shape index (κ1) is 20.3. The van der Waals surface area contributed by atoms with Crippen LogP contribution in [0.2, 0.25) is 0 Å². The summed E-state index contributed by atoms with van der Waals surface area (Å²) in [7, 11) is 2.14. The van der Waals surface area contributed by atoms with E-state index in [1.807, 2.05) is 6.07 Å². The number of aromatic nitrogens is 1. The van der Waals surface area contributed by atoms with E-state index in [0.29, 0.717) is 28.7 Å². The van der Waals surface area contributed by atoms with Crippen LogP contribution in [0.3, 0.4) is 0 Å². The number of nitrogens with one attached hydrogen (secondary N) is 1. The third-order valence-corrected chi connectivity index (χ3v) is 5.66. The third-order valence-electron chi connectivity index (χ3n) is 5.66. The van der Waals surface area contributed by atoms with E-state index < -0.39 is 11.6 Å². The van der Waals surface area contributed by atoms with Crippen LogP contribution in [0.25, 0.3) is 22.4 Å². The summed E-state index contributed by atoms with van der Waals surface area (Å²) >= 11 is 0. The van der Waals surface area contributed by atoms with Crippen molar-refractivity contribution in [2.75, 3.05) is 25.5 Å². The van der Waals surface area contributed by atoms with E-state index in [0.717, 1.165) is 31.6 Å². The number of anilines is 1. The van der Waals surface area contributed by atoms with Crippen LogP contribution in [0.15, 0.2) is 54.6 Å². The van der Waals surface area contributed by atoms with Crippen molar-refractivity contribution in [2.24, 2.45) is 0 Å². The lowest BCUT2D eigenvalue weighted by atomic mass is 10.0. The Hall–Kier alpha value is -2.99. The molecule has 3 aromatic rings. The summed E-state index contributed by atoms with van der Waals surface area (Å²) < 4.78 is 28.2. The number of halogens is 2. The molecule has 1 aromatic heterocycles. The van der Waals surface area contributed by atoms with E-state index in [9.17, 15) is 13.9 Å². The van der Waals surface area contributed by atoms with Crippen LogP contribution in [0.5, 0.6) is 5.75 Å². The molecule has 156 valence electrons. The molecule has 4 rings (SSSR count). The number of hydrogen-bond acceptors (Lipinski definition) is 4. The van der Waals surface area contributed by atoms with Gasteiger partial charge in [-0.25, -0.2) is 13.8 Å². The average molecular weight is 409 g/mol. The average Bonchev–Trinajstić information content (AvgIpc) is 3.14. The molecular formula is C24H25F2N3O. The summed E-state index contributed by atoms with van der Waals surface area (Å²) in [4.78, 5) is 7.02. The molecule has 2 heterocycles. The number of phenolic OH excluding ortho intramolecular Hbond substituents is 1. The van der Waals surface area contributed by atoms with Crippen molar-refractivity contribution >= 4 is 5.82 Å². The van der Waals surface area contributed by atoms with E-state index in [-0.39, 0.29) is 11.3 Å². The monoisotopic (exact) mass is 409 g/mol. The maximum Gasteiger partial charge on any atom is 0.131 e. The number of benzene rings is 2. The highest BCUT2D eigenvalue weighted by atomic mass is 19.1. The van der Waals surface area contributed by atoms with Gasteiger partial charge in [0.05, 0.1) is 5.69 Å². The molecule has 1 aliphatic heterocycles. The van der Waals surface area contributed by atoms with Gasteiger partial charge in [0.2, 0.25) is 0 Å². The highest BCUT2D eigenvalue weighted by Gasteiger charge is 2.20. The summed E-state index contributed by atoms with van der Waals surface area (Å²) in [5.74, 6) is -0.283. The number of likely N-dealkylation sites (tertiary alicyclic amines) is 1. The number of rotatable bonds is 6. The van der Waals surface area contributed by atoms with Gasteiger partial charge in [-0.05, 0) is 80.9 Å². The molecule has 4 nitrogen and oxygen atoms in total. The molecule has 0 spiro atoms. The number of phenols is 1. The first-order valence-corrected chi connectivity index (χ1v) is 10.2. The summed E-state index contributed by atoms with van der Waals surface area (Å²) in [5.41, 5.74) is 1.98. The molecule has 2 N–H and O–H groups in total. The van der Waals surface area contributed by atoms with Gasteiger partial charge < -0.3 is 15.3 Å². The summed E-state index contributed by atoms with van der Waals surface area (Å²) in [6, 6.07) is 14.2. The zero-order chi connectivity index (χ0) is 21.1. The summed E-state index contributed by atoms with van der Waals surface area (Å²) in [5, 5.41) is 13.2. The molecule has 1 unspecified atom stereocenters. The third kappa shape index (κ3) is 4.60. The van der Waals surface area contributed by atoms with Gasteiger partial charge in [0.15, 0.2) is 0 Å². The van der Waals surface area contributed by atoms with Crippen LogP contribution >= 0.6 is 0 Å². The Morgan fingerprint density at radius 1 is 1.10 bits per heavy atom. The Morgan fingerprint density at radius 2 is 1.97 bits per heavy atom. The van der Waals surface area contributed by atoms with Gasteiger partial charge in [0.25, 0.3) is 0 Å². The van der Waals surface area contributed by atoms with E-state index in [1.165, 1.54) is 18.9 Å². The summed E-state index contributed by atoms with van der Waals surface area (Å²) in [6.07, 6.45) is 3.39. The van der Waals surface area contributed by atoms with Crippen LogP contribution in [0, 0.1) is 11.6 Å². The molecule has 6 heteroatoms. The van der Waals surface area contributed by atoms with Gasteiger partial charge in [0.1, 0.15) is 23.2 Å². The van der Waals surface area contributed by atoms with Crippen molar-refractivity contribution < 1.29 is 13.9 Å². The second kappa shape index (κ2) is 8.79. The molecule has 0 saturated carbocycles. The fourth-order valence-electron chi connectivity index (χ4n) is 4.02. The minimum absolute atomic E-state index is 0.121. The first-order chi connectivity index (χ1) is 14.5. The number of nitrogens with zero attached hydrogens (tertiary/aromatic N) is 2. The van der Waals surface area contributed by atoms with E-state index in [2.05, 4.69) is 22.2 Å². The van der Waals surface area contributed by atoms with Crippen molar-refractivity contribution in [1.29, 1.82) is 0 Å². The van der Waals surface area contributed by atoms with Gasteiger partial charge in [0, 0.05) is 23.7 Å². The van der Waals surface area contributed by atoms with Crippen LogP contribution in [0.4, 0.5) is 14.6 Å². The number of hydrogen-bond donors (Lipinski definition) is 2. The van der Waals surface area contributed by atoms with Gasteiger partial charge in [-0.1, -0.05) is 12.1 Å². The standard InChI is InChI=1S/C24H25F2N3O/c1-29-11-3-5-19(29)9-10-27-24-14-17(21-15-18(25)7-8-22(21)26)13-23(28-24)16-4-2-6-20(30)12-16/h2,4,6-8,12-15,19,30H,3,5,9-11H2,1H3,(H,27,28). The van der Waals surface area contributed by atoms with Gasteiger partial charge >= 0.3 is 0 Å². The molecule has 0 bridgehead atoms. The fourth-order valence-corrected chi connectivity index (χ4v) is 4.02. The molecule has 1 aliphatic rings. The topological polar surface area (TPSA) is 48.4 Å². The molecule has 0 radical (unpaired) electrons. The van der Waals surface area contributed by atoms with Crippen LogP contribution in [-0.2, 0) is 0 Å². The number of pyridine rings is 1. The Kier molecular flexibility index (Phi) is 5.95. The van der Waals surface area contributed by atoms with Crippen LogP contribution < -0.4 is 5.32 Å². The fraction of sp³-hybridized carbons (Fsp3) is 0.292. The normalized spacial score (nSPS) is 16.7. The minimum atomic E-state index is -0.499. The Morgan fingerprint density at radius 3 is 2.73 bits per heavy atom. The van der Waals surface area contributed by atoms with Crippen molar-refractivity contribution in [2.45, 2.75) is 25.3 Å². The minimum Gasteiger partial charge on any atom is -0.508 e. The van der Waals surface area contributed by atoms with Crippen molar-refractivity contribution in [3.05, 3.63) is 66.2 Å². The van der Waals surface area contributed by atoms with E-state index in [4.69, 9.17) is 0 Å². The first-order valence-electron chi connectivity index (χ1n) is 10.2. The molecule has 1 atom stereocenters. The number of aromatic hydroxyl groups is 1. The molecule has 30 heavy (non-hydrogen) atoms. The molecule has 1 saturated heterocycles. The zero-order valence-corrected chi connectivity index (χ0v) is 16.9. The Bertz CT molecular complexity index is 1040. The second-order valence-electron chi connectivity index (χ2n) is 7.79. The lowest BCUT2D eigenvalue weighted by Crippen LogP contribution is -2.27. The van der Waals surface area contributed by atoms with Crippen molar-refractivity contribution in [1.82, 2.24) is 9.88 Å². The second-order valence-corrected chi connectivity index (χ2v) is 7.79.